The third kappa shape index (κ3) is 8.23. The van der Waals surface area contributed by atoms with Gasteiger partial charge in [-0.25, -0.2) is 0 Å². The molecule has 6 heteroatoms. The predicted molar refractivity (Wildman–Crippen MR) is 111 cm³/mol. The molecule has 1 rings (SSSR count). The van der Waals surface area contributed by atoms with Gasteiger partial charge in [0.1, 0.15) is 0 Å². The number of rotatable bonds is 11. The molecule has 1 aromatic carbocycles. The summed E-state index contributed by atoms with van der Waals surface area (Å²) in [5.74, 6) is -1.16. The maximum atomic E-state index is 12.6. The number of carbonyl (C=O) groups is 2. The van der Waals surface area contributed by atoms with Gasteiger partial charge < -0.3 is 20.8 Å². The van der Waals surface area contributed by atoms with E-state index in [9.17, 15) is 19.8 Å². The molecule has 28 heavy (non-hydrogen) atoms. The number of aliphatic hydroxyl groups excluding tert-OH is 2. The second-order valence-corrected chi connectivity index (χ2v) is 8.17. The van der Waals surface area contributed by atoms with E-state index in [0.717, 1.165) is 5.56 Å². The minimum atomic E-state index is -0.579. The van der Waals surface area contributed by atoms with Gasteiger partial charge in [-0.05, 0) is 23.8 Å². The molecular formula is C22H34N2O4. The number of aliphatic hydroxyl groups is 2. The number of hydrogen-bond acceptors (Lipinski definition) is 4. The minimum Gasteiger partial charge on any atom is -0.394 e. The Labute approximate surface area is 168 Å². The summed E-state index contributed by atoms with van der Waals surface area (Å²) in [5.41, 5.74) is 0.710. The second-order valence-electron chi connectivity index (χ2n) is 8.17. The van der Waals surface area contributed by atoms with E-state index in [1.165, 1.54) is 0 Å². The maximum absolute atomic E-state index is 12.6. The maximum Gasteiger partial charge on any atom is 0.224 e. The highest BCUT2D eigenvalue weighted by Gasteiger charge is 2.29. The smallest absolute Gasteiger partial charge is 0.224 e. The highest BCUT2D eigenvalue weighted by atomic mass is 16.3. The Bertz CT molecular complexity index is 625. The lowest BCUT2D eigenvalue weighted by molar-refractivity contribution is -0.131. The molecule has 0 aliphatic carbocycles. The number of hydrogen-bond donors (Lipinski definition) is 4. The lowest BCUT2D eigenvalue weighted by Gasteiger charge is -2.31. The molecule has 3 atom stereocenters. The Morgan fingerprint density at radius 1 is 1.11 bits per heavy atom. The third-order valence-corrected chi connectivity index (χ3v) is 4.71. The zero-order chi connectivity index (χ0) is 21.2. The summed E-state index contributed by atoms with van der Waals surface area (Å²) in [4.78, 5) is 25.1. The van der Waals surface area contributed by atoms with Crippen LogP contribution in [0.3, 0.4) is 0 Å². The molecule has 0 saturated carbocycles. The van der Waals surface area contributed by atoms with E-state index in [1.807, 2.05) is 51.1 Å². The molecule has 0 fully saturated rings. The molecular weight excluding hydrogens is 356 g/mol. The summed E-state index contributed by atoms with van der Waals surface area (Å²) < 4.78 is 0. The second kappa shape index (κ2) is 11.6. The van der Waals surface area contributed by atoms with Crippen molar-refractivity contribution in [3.63, 3.8) is 0 Å². The van der Waals surface area contributed by atoms with E-state index >= 15 is 0 Å². The number of allylic oxidation sites excluding steroid dienone is 1. The van der Waals surface area contributed by atoms with Gasteiger partial charge in [-0.2, -0.15) is 0 Å². The Kier molecular flexibility index (Phi) is 9.90. The lowest BCUT2D eigenvalue weighted by atomic mass is 9.86. The fourth-order valence-electron chi connectivity index (χ4n) is 2.88. The van der Waals surface area contributed by atoms with E-state index in [-0.39, 0.29) is 36.9 Å². The molecule has 6 nitrogen and oxygen atoms in total. The van der Waals surface area contributed by atoms with Gasteiger partial charge >= 0.3 is 0 Å². The zero-order valence-electron chi connectivity index (χ0n) is 17.1. The molecule has 0 aliphatic rings. The lowest BCUT2D eigenvalue weighted by Crippen LogP contribution is -2.49. The first kappa shape index (κ1) is 23.9. The van der Waals surface area contributed by atoms with Gasteiger partial charge in [0, 0.05) is 6.42 Å². The van der Waals surface area contributed by atoms with Crippen molar-refractivity contribution in [3.05, 3.63) is 48.6 Å². The first-order chi connectivity index (χ1) is 13.2. The topological polar surface area (TPSA) is 98.7 Å². The third-order valence-electron chi connectivity index (χ3n) is 4.71. The van der Waals surface area contributed by atoms with Crippen LogP contribution in [0.15, 0.2) is 43.0 Å². The molecule has 0 saturated heterocycles. The van der Waals surface area contributed by atoms with Crippen molar-refractivity contribution in [1.82, 2.24) is 10.6 Å². The largest absolute Gasteiger partial charge is 0.394 e. The van der Waals surface area contributed by atoms with Gasteiger partial charge in [0.2, 0.25) is 11.8 Å². The van der Waals surface area contributed by atoms with Gasteiger partial charge in [-0.1, -0.05) is 57.2 Å². The van der Waals surface area contributed by atoms with Crippen LogP contribution in [-0.2, 0) is 16.0 Å². The molecule has 0 radical (unpaired) electrons. The van der Waals surface area contributed by atoms with E-state index < -0.39 is 18.0 Å². The van der Waals surface area contributed by atoms with Gasteiger partial charge in [0.25, 0.3) is 0 Å². The number of benzene rings is 1. The molecule has 2 amide bonds. The number of amides is 2. The van der Waals surface area contributed by atoms with E-state index in [1.54, 1.807) is 6.08 Å². The molecule has 0 spiro atoms. The van der Waals surface area contributed by atoms with E-state index in [2.05, 4.69) is 17.2 Å². The van der Waals surface area contributed by atoms with Crippen molar-refractivity contribution in [2.75, 3.05) is 13.2 Å². The standard InChI is InChI=1S/C22H34N2O4/c1-5-9-17(21(28)24-19(15-26)22(2,3)4)13-20(27)23-18(14-25)12-16-10-7-6-8-11-16/h5-8,10-11,17-19,25-26H,1,9,12-15H2,2-4H3,(H,23,27)(H,24,28)/t17-,18-,19-/m1/s1. The van der Waals surface area contributed by atoms with Gasteiger partial charge in [0.05, 0.1) is 31.2 Å². The van der Waals surface area contributed by atoms with Crippen molar-refractivity contribution in [3.8, 4) is 0 Å². The predicted octanol–water partition coefficient (Wildman–Crippen LogP) is 1.81. The van der Waals surface area contributed by atoms with Crippen LogP contribution in [0, 0.1) is 11.3 Å². The fourth-order valence-corrected chi connectivity index (χ4v) is 2.88. The van der Waals surface area contributed by atoms with Crippen LogP contribution in [-0.4, -0.2) is 47.3 Å². The molecule has 0 bridgehead atoms. The van der Waals surface area contributed by atoms with Crippen molar-refractivity contribution in [2.45, 2.75) is 52.1 Å². The molecule has 156 valence electrons. The molecule has 0 heterocycles. The summed E-state index contributed by atoms with van der Waals surface area (Å²) >= 11 is 0. The van der Waals surface area contributed by atoms with Crippen molar-refractivity contribution in [2.24, 2.45) is 11.3 Å². The highest BCUT2D eigenvalue weighted by Crippen LogP contribution is 2.20. The van der Waals surface area contributed by atoms with Gasteiger partial charge in [-0.3, -0.25) is 9.59 Å². The number of nitrogens with one attached hydrogen (secondary N) is 2. The SMILES string of the molecule is C=CC[C@H](CC(=O)N[C@@H](CO)Cc1ccccc1)C(=O)N[C@H](CO)C(C)(C)C. The quantitative estimate of drug-likeness (QED) is 0.433. The molecule has 0 aliphatic heterocycles. The van der Waals surface area contributed by atoms with E-state index in [0.29, 0.717) is 12.8 Å². The first-order valence-electron chi connectivity index (χ1n) is 9.67. The molecule has 0 aromatic heterocycles. The summed E-state index contributed by atoms with van der Waals surface area (Å²) in [6.07, 6.45) is 2.46. The van der Waals surface area contributed by atoms with Crippen molar-refractivity contribution >= 4 is 11.8 Å². The normalized spacial score (nSPS) is 14.6. The highest BCUT2D eigenvalue weighted by molar-refractivity contribution is 5.86. The van der Waals surface area contributed by atoms with Crippen LogP contribution in [0.25, 0.3) is 0 Å². The van der Waals surface area contributed by atoms with Crippen LogP contribution in [0.1, 0.15) is 39.2 Å². The Hall–Kier alpha value is -2.18. The van der Waals surface area contributed by atoms with Crippen LogP contribution in [0.4, 0.5) is 0 Å². The van der Waals surface area contributed by atoms with Crippen LogP contribution in [0.5, 0.6) is 0 Å². The molecule has 1 aromatic rings. The monoisotopic (exact) mass is 390 g/mol. The van der Waals surface area contributed by atoms with Crippen molar-refractivity contribution < 1.29 is 19.8 Å². The molecule has 0 unspecified atom stereocenters. The fraction of sp³-hybridized carbons (Fsp3) is 0.545. The summed E-state index contributed by atoms with van der Waals surface area (Å²) in [5, 5.41) is 24.8. The van der Waals surface area contributed by atoms with Crippen LogP contribution >= 0.6 is 0 Å². The summed E-state index contributed by atoms with van der Waals surface area (Å²) in [6, 6.07) is 8.77. The first-order valence-corrected chi connectivity index (χ1v) is 9.67. The summed E-state index contributed by atoms with van der Waals surface area (Å²) in [7, 11) is 0. The Balaban J connectivity index is 2.69. The number of carbonyl (C=O) groups excluding carboxylic acids is 2. The van der Waals surface area contributed by atoms with Gasteiger partial charge in [0.15, 0.2) is 0 Å². The Morgan fingerprint density at radius 2 is 1.75 bits per heavy atom. The average Bonchev–Trinajstić information content (AvgIpc) is 2.64. The Morgan fingerprint density at radius 3 is 2.25 bits per heavy atom. The molecule has 4 N–H and O–H groups in total. The minimum absolute atomic E-state index is 0.00850. The van der Waals surface area contributed by atoms with Crippen LogP contribution in [0.2, 0.25) is 0 Å². The van der Waals surface area contributed by atoms with Crippen LogP contribution < -0.4 is 10.6 Å². The zero-order valence-corrected chi connectivity index (χ0v) is 17.1. The van der Waals surface area contributed by atoms with E-state index in [4.69, 9.17) is 0 Å². The van der Waals surface area contributed by atoms with Crippen molar-refractivity contribution in [1.29, 1.82) is 0 Å². The van der Waals surface area contributed by atoms with Gasteiger partial charge in [-0.15, -0.1) is 6.58 Å². The summed E-state index contributed by atoms with van der Waals surface area (Å²) in [6.45, 7) is 9.10. The average molecular weight is 391 g/mol.